The molecule has 1 aliphatic carbocycles. The monoisotopic (exact) mass is 277 g/mol. The lowest BCUT2D eigenvalue weighted by atomic mass is 9.99. The van der Waals surface area contributed by atoms with Crippen LogP contribution in [0.3, 0.4) is 0 Å². The molecular weight excluding hydrogens is 258 g/mol. The van der Waals surface area contributed by atoms with Gasteiger partial charge < -0.3 is 16.0 Å². The standard InChI is InChI=1S/C13H19N5O2/c19-12(3-9-4-14-5-9)17-11-6-15-18(7-11)8-13(20)16-10-1-2-10/h6-7,9-10,14H,1-5,8H2,(H,16,20)(H,17,19). The van der Waals surface area contributed by atoms with Crippen LogP contribution in [0.4, 0.5) is 5.69 Å². The van der Waals surface area contributed by atoms with E-state index in [0.717, 1.165) is 25.9 Å². The molecule has 3 rings (SSSR count). The van der Waals surface area contributed by atoms with Crippen molar-refractivity contribution in [1.29, 1.82) is 0 Å². The van der Waals surface area contributed by atoms with Gasteiger partial charge >= 0.3 is 0 Å². The van der Waals surface area contributed by atoms with Gasteiger partial charge in [0.1, 0.15) is 6.54 Å². The van der Waals surface area contributed by atoms with Crippen molar-refractivity contribution in [2.24, 2.45) is 5.92 Å². The number of carbonyl (C=O) groups is 2. The van der Waals surface area contributed by atoms with E-state index in [2.05, 4.69) is 21.0 Å². The molecule has 0 unspecified atom stereocenters. The minimum atomic E-state index is -0.0333. The lowest BCUT2D eigenvalue weighted by Gasteiger charge is -2.26. The van der Waals surface area contributed by atoms with E-state index in [4.69, 9.17) is 0 Å². The van der Waals surface area contributed by atoms with Crippen LogP contribution >= 0.6 is 0 Å². The van der Waals surface area contributed by atoms with E-state index < -0.39 is 0 Å². The van der Waals surface area contributed by atoms with Crippen LogP contribution in [0.2, 0.25) is 0 Å². The van der Waals surface area contributed by atoms with Crippen LogP contribution in [0.5, 0.6) is 0 Å². The molecule has 2 heterocycles. The average molecular weight is 277 g/mol. The number of hydrogen-bond donors (Lipinski definition) is 3. The van der Waals surface area contributed by atoms with Crippen molar-refractivity contribution >= 4 is 17.5 Å². The molecule has 20 heavy (non-hydrogen) atoms. The van der Waals surface area contributed by atoms with Gasteiger partial charge in [-0.1, -0.05) is 0 Å². The summed E-state index contributed by atoms with van der Waals surface area (Å²) >= 11 is 0. The molecule has 1 aromatic heterocycles. The number of carbonyl (C=O) groups excluding carboxylic acids is 2. The number of hydrogen-bond acceptors (Lipinski definition) is 4. The second-order valence-electron chi connectivity index (χ2n) is 5.54. The molecule has 2 aliphatic rings. The highest BCUT2D eigenvalue weighted by Gasteiger charge is 2.23. The van der Waals surface area contributed by atoms with Crippen molar-refractivity contribution in [3.63, 3.8) is 0 Å². The molecule has 1 saturated carbocycles. The van der Waals surface area contributed by atoms with E-state index >= 15 is 0 Å². The van der Waals surface area contributed by atoms with E-state index in [0.29, 0.717) is 24.1 Å². The number of nitrogens with one attached hydrogen (secondary N) is 3. The van der Waals surface area contributed by atoms with Gasteiger partial charge in [-0.05, 0) is 31.8 Å². The Hall–Kier alpha value is -1.89. The third kappa shape index (κ3) is 3.57. The summed E-state index contributed by atoms with van der Waals surface area (Å²) in [7, 11) is 0. The van der Waals surface area contributed by atoms with Crippen LogP contribution < -0.4 is 16.0 Å². The topological polar surface area (TPSA) is 88.1 Å². The van der Waals surface area contributed by atoms with Gasteiger partial charge in [0, 0.05) is 18.7 Å². The predicted octanol–water partition coefficient (Wildman–Crippen LogP) is -0.290. The fraction of sp³-hybridized carbons (Fsp3) is 0.615. The summed E-state index contributed by atoms with van der Waals surface area (Å²) in [5, 5.41) is 12.9. The van der Waals surface area contributed by atoms with Crippen LogP contribution in [-0.4, -0.2) is 40.7 Å². The van der Waals surface area contributed by atoms with E-state index in [-0.39, 0.29) is 18.4 Å². The second kappa shape index (κ2) is 5.62. The molecule has 7 nitrogen and oxygen atoms in total. The fourth-order valence-corrected chi connectivity index (χ4v) is 2.13. The van der Waals surface area contributed by atoms with Gasteiger partial charge in [0.2, 0.25) is 11.8 Å². The zero-order chi connectivity index (χ0) is 13.9. The maximum absolute atomic E-state index is 11.7. The molecule has 1 aliphatic heterocycles. The molecular formula is C13H19N5O2. The van der Waals surface area contributed by atoms with Gasteiger partial charge in [0.15, 0.2) is 0 Å². The minimum absolute atomic E-state index is 0.00141. The summed E-state index contributed by atoms with van der Waals surface area (Å²) in [6, 6.07) is 0.355. The molecule has 1 aromatic rings. The number of amides is 2. The smallest absolute Gasteiger partial charge is 0.241 e. The molecule has 3 N–H and O–H groups in total. The van der Waals surface area contributed by atoms with Gasteiger partial charge in [-0.2, -0.15) is 5.10 Å². The Morgan fingerprint density at radius 2 is 2.15 bits per heavy atom. The number of rotatable bonds is 6. The van der Waals surface area contributed by atoms with Crippen LogP contribution in [-0.2, 0) is 16.1 Å². The van der Waals surface area contributed by atoms with E-state index in [1.54, 1.807) is 12.4 Å². The minimum Gasteiger partial charge on any atom is -0.352 e. The summed E-state index contributed by atoms with van der Waals surface area (Å²) in [4.78, 5) is 23.4. The van der Waals surface area contributed by atoms with Crippen LogP contribution in [0, 0.1) is 5.92 Å². The zero-order valence-corrected chi connectivity index (χ0v) is 11.3. The highest BCUT2D eigenvalue weighted by atomic mass is 16.2. The molecule has 0 radical (unpaired) electrons. The van der Waals surface area contributed by atoms with Crippen LogP contribution in [0.1, 0.15) is 19.3 Å². The largest absolute Gasteiger partial charge is 0.352 e. The SMILES string of the molecule is O=C(CC1CNC1)Nc1cnn(CC(=O)NC2CC2)c1. The second-order valence-corrected chi connectivity index (χ2v) is 5.54. The molecule has 0 aromatic carbocycles. The average Bonchev–Trinajstić information content (AvgIpc) is 3.04. The number of anilines is 1. The van der Waals surface area contributed by atoms with Crippen molar-refractivity contribution in [2.45, 2.75) is 31.8 Å². The van der Waals surface area contributed by atoms with Crippen LogP contribution in [0.15, 0.2) is 12.4 Å². The Bertz CT molecular complexity index is 505. The highest BCUT2D eigenvalue weighted by molar-refractivity contribution is 5.90. The first-order valence-corrected chi connectivity index (χ1v) is 7.01. The normalized spacial score (nSPS) is 18.4. The summed E-state index contributed by atoms with van der Waals surface area (Å²) < 4.78 is 1.54. The van der Waals surface area contributed by atoms with Gasteiger partial charge in [0.25, 0.3) is 0 Å². The quantitative estimate of drug-likeness (QED) is 0.667. The summed E-state index contributed by atoms with van der Waals surface area (Å²) in [6.45, 7) is 2.01. The van der Waals surface area contributed by atoms with Crippen molar-refractivity contribution in [3.05, 3.63) is 12.4 Å². The van der Waals surface area contributed by atoms with E-state index in [9.17, 15) is 9.59 Å². The summed E-state index contributed by atoms with van der Waals surface area (Å²) in [5.41, 5.74) is 0.640. The predicted molar refractivity (Wildman–Crippen MR) is 73.0 cm³/mol. The van der Waals surface area contributed by atoms with Crippen molar-refractivity contribution in [3.8, 4) is 0 Å². The number of aromatic nitrogens is 2. The van der Waals surface area contributed by atoms with E-state index in [1.807, 2.05) is 0 Å². The van der Waals surface area contributed by atoms with Gasteiger partial charge in [0.05, 0.1) is 11.9 Å². The zero-order valence-electron chi connectivity index (χ0n) is 11.3. The molecule has 2 fully saturated rings. The third-order valence-corrected chi connectivity index (χ3v) is 3.51. The van der Waals surface area contributed by atoms with Crippen LogP contribution in [0.25, 0.3) is 0 Å². The highest BCUT2D eigenvalue weighted by Crippen LogP contribution is 2.18. The fourth-order valence-electron chi connectivity index (χ4n) is 2.13. The lowest BCUT2D eigenvalue weighted by Crippen LogP contribution is -2.43. The maximum Gasteiger partial charge on any atom is 0.241 e. The molecule has 0 bridgehead atoms. The summed E-state index contributed by atoms with van der Waals surface area (Å²) in [5.74, 6) is 0.405. The molecule has 1 saturated heterocycles. The van der Waals surface area contributed by atoms with Crippen molar-refractivity contribution < 1.29 is 9.59 Å². The van der Waals surface area contributed by atoms with Crippen molar-refractivity contribution in [1.82, 2.24) is 20.4 Å². The van der Waals surface area contributed by atoms with Crippen molar-refractivity contribution in [2.75, 3.05) is 18.4 Å². The third-order valence-electron chi connectivity index (χ3n) is 3.51. The van der Waals surface area contributed by atoms with Gasteiger partial charge in [-0.25, -0.2) is 0 Å². The maximum atomic E-state index is 11.7. The van der Waals surface area contributed by atoms with Gasteiger partial charge in [-0.15, -0.1) is 0 Å². The molecule has 7 heteroatoms. The van der Waals surface area contributed by atoms with Gasteiger partial charge in [-0.3, -0.25) is 14.3 Å². The van der Waals surface area contributed by atoms with E-state index in [1.165, 1.54) is 4.68 Å². The molecule has 0 spiro atoms. The first kappa shape index (κ1) is 13.1. The Kier molecular flexibility index (Phi) is 3.68. The number of nitrogens with zero attached hydrogens (tertiary/aromatic N) is 2. The molecule has 108 valence electrons. The first-order valence-electron chi connectivity index (χ1n) is 7.01. The molecule has 2 amide bonds. The first-order chi connectivity index (χ1) is 9.69. The molecule has 0 atom stereocenters. The Morgan fingerprint density at radius 3 is 2.80 bits per heavy atom. The summed E-state index contributed by atoms with van der Waals surface area (Å²) in [6.07, 6.45) is 5.93. The Balaban J connectivity index is 1.45. The Labute approximate surface area is 117 Å². The lowest BCUT2D eigenvalue weighted by molar-refractivity contribution is -0.122. The Morgan fingerprint density at radius 1 is 1.35 bits per heavy atom.